The Labute approximate surface area is 104 Å². The zero-order chi connectivity index (χ0) is 10.7. The van der Waals surface area contributed by atoms with Crippen LogP contribution >= 0.6 is 38.5 Å². The summed E-state index contributed by atoms with van der Waals surface area (Å²) in [7, 11) is 0. The minimum atomic E-state index is -0.935. The van der Waals surface area contributed by atoms with E-state index in [0.29, 0.717) is 0 Å². The maximum absolute atomic E-state index is 10.4. The average Bonchev–Trinajstić information content (AvgIpc) is 2.11. The lowest BCUT2D eigenvalue weighted by Gasteiger charge is -2.05. The third-order valence-electron chi connectivity index (χ3n) is 1.74. The summed E-state index contributed by atoms with van der Waals surface area (Å²) in [6, 6.07) is 3.95. The van der Waals surface area contributed by atoms with E-state index in [1.54, 1.807) is 6.08 Å². The van der Waals surface area contributed by atoms with Crippen LogP contribution in [-0.4, -0.2) is 11.1 Å². The predicted octanol–water partition coefficient (Wildman–Crippen LogP) is 3.46. The number of hydrogen-bond acceptors (Lipinski definition) is 1. The average molecular weight is 367 g/mol. The largest absolute Gasteiger partial charge is 0.478 e. The summed E-state index contributed by atoms with van der Waals surface area (Å²) in [5, 5.41) is 8.52. The van der Waals surface area contributed by atoms with Crippen molar-refractivity contribution in [2.24, 2.45) is 0 Å². The van der Waals surface area contributed by atoms with Crippen LogP contribution in [0.3, 0.4) is 0 Å². The molecule has 2 nitrogen and oxygen atoms in total. The lowest BCUT2D eigenvalue weighted by Crippen LogP contribution is -1.89. The molecule has 1 aromatic rings. The Balaban J connectivity index is 3.19. The van der Waals surface area contributed by atoms with Crippen molar-refractivity contribution in [2.45, 2.75) is 6.92 Å². The Morgan fingerprint density at radius 3 is 2.79 bits per heavy atom. The first kappa shape index (κ1) is 11.7. The highest BCUT2D eigenvalue weighted by atomic mass is 127. The van der Waals surface area contributed by atoms with Gasteiger partial charge in [-0.05, 0) is 68.7 Å². The van der Waals surface area contributed by atoms with Crippen LogP contribution in [0.4, 0.5) is 0 Å². The smallest absolute Gasteiger partial charge is 0.328 e. The lowest BCUT2D eigenvalue weighted by atomic mass is 10.1. The first-order valence-electron chi connectivity index (χ1n) is 3.88. The fourth-order valence-corrected chi connectivity index (χ4v) is 2.07. The molecular weight excluding hydrogens is 359 g/mol. The van der Waals surface area contributed by atoms with Gasteiger partial charge in [-0.1, -0.05) is 6.07 Å². The summed E-state index contributed by atoms with van der Waals surface area (Å²) >= 11 is 5.62. The molecule has 0 saturated heterocycles. The molecule has 0 atom stereocenters. The number of aryl methyl sites for hydroxylation is 1. The number of rotatable bonds is 2. The van der Waals surface area contributed by atoms with Gasteiger partial charge >= 0.3 is 5.97 Å². The first-order chi connectivity index (χ1) is 6.52. The fraction of sp³-hybridized carbons (Fsp3) is 0.100. The third kappa shape index (κ3) is 2.81. The molecule has 14 heavy (non-hydrogen) atoms. The van der Waals surface area contributed by atoms with Crippen LogP contribution < -0.4 is 0 Å². The van der Waals surface area contributed by atoms with E-state index in [2.05, 4.69) is 38.5 Å². The van der Waals surface area contributed by atoms with Gasteiger partial charge in [-0.2, -0.15) is 0 Å². The molecule has 0 aliphatic carbocycles. The summed E-state index contributed by atoms with van der Waals surface area (Å²) in [5.74, 6) is -0.935. The standard InChI is InChI=1S/C10H8BrIO2/c1-6-2-4-8(12)10(11)7(6)3-5-9(13)14/h2-5H,1H3,(H,13,14)/b5-3+. The summed E-state index contributed by atoms with van der Waals surface area (Å²) in [5.41, 5.74) is 1.97. The number of carbonyl (C=O) groups is 1. The number of carboxylic acid groups (broad SMARTS) is 1. The van der Waals surface area contributed by atoms with Crippen molar-refractivity contribution in [3.63, 3.8) is 0 Å². The van der Waals surface area contributed by atoms with Gasteiger partial charge in [-0.25, -0.2) is 4.79 Å². The van der Waals surface area contributed by atoms with Crippen LogP contribution in [0, 0.1) is 10.5 Å². The van der Waals surface area contributed by atoms with E-state index in [9.17, 15) is 4.79 Å². The molecule has 0 fully saturated rings. The SMILES string of the molecule is Cc1ccc(I)c(Br)c1/C=C/C(=O)O. The van der Waals surface area contributed by atoms with Crippen LogP contribution in [0.25, 0.3) is 6.08 Å². The van der Waals surface area contributed by atoms with Crippen molar-refractivity contribution in [1.82, 2.24) is 0 Å². The minimum Gasteiger partial charge on any atom is -0.478 e. The van der Waals surface area contributed by atoms with Gasteiger partial charge in [0.05, 0.1) is 0 Å². The number of aliphatic carboxylic acids is 1. The normalized spacial score (nSPS) is 10.8. The Morgan fingerprint density at radius 1 is 1.57 bits per heavy atom. The second-order valence-corrected chi connectivity index (χ2v) is 4.72. The fourth-order valence-electron chi connectivity index (χ4n) is 1.02. The number of benzene rings is 1. The van der Waals surface area contributed by atoms with Crippen molar-refractivity contribution in [3.05, 3.63) is 37.4 Å². The molecule has 0 unspecified atom stereocenters. The summed E-state index contributed by atoms with van der Waals surface area (Å²) in [6.07, 6.45) is 2.74. The zero-order valence-corrected chi connectivity index (χ0v) is 11.2. The van der Waals surface area contributed by atoms with E-state index >= 15 is 0 Å². The Hall–Kier alpha value is -0.360. The molecule has 0 aliphatic heterocycles. The number of hydrogen-bond donors (Lipinski definition) is 1. The minimum absolute atomic E-state index is 0.916. The van der Waals surface area contributed by atoms with Gasteiger partial charge in [0.2, 0.25) is 0 Å². The van der Waals surface area contributed by atoms with Crippen molar-refractivity contribution in [1.29, 1.82) is 0 Å². The first-order valence-corrected chi connectivity index (χ1v) is 5.75. The molecule has 0 aliphatic rings. The third-order valence-corrected chi connectivity index (χ3v) is 4.24. The van der Waals surface area contributed by atoms with E-state index in [1.807, 2.05) is 19.1 Å². The highest BCUT2D eigenvalue weighted by Gasteiger charge is 2.04. The molecular formula is C10H8BrIO2. The van der Waals surface area contributed by atoms with E-state index in [0.717, 1.165) is 25.2 Å². The quantitative estimate of drug-likeness (QED) is 0.642. The van der Waals surface area contributed by atoms with Crippen LogP contribution in [0.1, 0.15) is 11.1 Å². The van der Waals surface area contributed by atoms with Gasteiger partial charge in [-0.15, -0.1) is 0 Å². The van der Waals surface area contributed by atoms with E-state index in [4.69, 9.17) is 5.11 Å². The highest BCUT2D eigenvalue weighted by molar-refractivity contribution is 14.1. The Bertz CT molecular complexity index is 399. The van der Waals surface area contributed by atoms with Crippen molar-refractivity contribution in [2.75, 3.05) is 0 Å². The lowest BCUT2D eigenvalue weighted by molar-refractivity contribution is -0.131. The van der Waals surface area contributed by atoms with Gasteiger partial charge in [0, 0.05) is 14.1 Å². The molecule has 0 heterocycles. The van der Waals surface area contributed by atoms with Crippen LogP contribution in [-0.2, 0) is 4.79 Å². The van der Waals surface area contributed by atoms with Crippen molar-refractivity contribution >= 4 is 50.6 Å². The van der Waals surface area contributed by atoms with Crippen LogP contribution in [0.2, 0.25) is 0 Å². The second-order valence-electron chi connectivity index (χ2n) is 2.76. The van der Waals surface area contributed by atoms with E-state index in [-0.39, 0.29) is 0 Å². The monoisotopic (exact) mass is 366 g/mol. The highest BCUT2D eigenvalue weighted by Crippen LogP contribution is 2.27. The number of halogens is 2. The summed E-state index contributed by atoms with van der Waals surface area (Å²) in [6.45, 7) is 1.95. The molecule has 1 N–H and O–H groups in total. The summed E-state index contributed by atoms with van der Waals surface area (Å²) < 4.78 is 2.01. The Morgan fingerprint density at radius 2 is 2.21 bits per heavy atom. The molecule has 1 aromatic carbocycles. The van der Waals surface area contributed by atoms with Gasteiger partial charge in [0.1, 0.15) is 0 Å². The molecule has 0 aromatic heterocycles. The molecule has 0 bridgehead atoms. The summed E-state index contributed by atoms with van der Waals surface area (Å²) in [4.78, 5) is 10.4. The molecule has 74 valence electrons. The predicted molar refractivity (Wildman–Crippen MR) is 68.3 cm³/mol. The molecule has 0 radical (unpaired) electrons. The van der Waals surface area contributed by atoms with E-state index in [1.165, 1.54) is 0 Å². The van der Waals surface area contributed by atoms with Crippen LogP contribution in [0.15, 0.2) is 22.7 Å². The molecule has 1 rings (SSSR count). The van der Waals surface area contributed by atoms with Crippen molar-refractivity contribution in [3.8, 4) is 0 Å². The maximum atomic E-state index is 10.4. The van der Waals surface area contributed by atoms with Gasteiger partial charge in [0.15, 0.2) is 0 Å². The van der Waals surface area contributed by atoms with E-state index < -0.39 is 5.97 Å². The molecule has 0 spiro atoms. The van der Waals surface area contributed by atoms with Crippen molar-refractivity contribution < 1.29 is 9.90 Å². The topological polar surface area (TPSA) is 37.3 Å². The van der Waals surface area contributed by atoms with Gasteiger partial charge in [-0.3, -0.25) is 0 Å². The second kappa shape index (κ2) is 4.93. The maximum Gasteiger partial charge on any atom is 0.328 e. The molecule has 0 amide bonds. The molecule has 4 heteroatoms. The van der Waals surface area contributed by atoms with Gasteiger partial charge in [0.25, 0.3) is 0 Å². The molecule has 0 saturated carbocycles. The zero-order valence-electron chi connectivity index (χ0n) is 7.42. The number of carboxylic acids is 1. The van der Waals surface area contributed by atoms with Crippen LogP contribution in [0.5, 0.6) is 0 Å². The Kier molecular flexibility index (Phi) is 4.12. The van der Waals surface area contributed by atoms with Gasteiger partial charge < -0.3 is 5.11 Å².